The number of ether oxygens (including phenoxy) is 2. The first-order valence-corrected chi connectivity index (χ1v) is 5.14. The molecule has 1 unspecified atom stereocenters. The van der Waals surface area contributed by atoms with Crippen LogP contribution in [-0.2, 0) is 23.9 Å². The molecular weight excluding hydrogens is 226 g/mol. The van der Waals surface area contributed by atoms with E-state index in [1.54, 1.807) is 19.0 Å². The minimum Gasteiger partial charge on any atom is -0.382 e. The van der Waals surface area contributed by atoms with Gasteiger partial charge in [-0.2, -0.15) is 5.06 Å². The Balaban J connectivity index is 2.75. The van der Waals surface area contributed by atoms with E-state index in [2.05, 4.69) is 0 Å². The Morgan fingerprint density at radius 2 is 2.06 bits per heavy atom. The molecule has 0 amide bonds. The predicted molar refractivity (Wildman–Crippen MR) is 58.4 cm³/mol. The van der Waals surface area contributed by atoms with Crippen LogP contribution < -0.4 is 0 Å². The van der Waals surface area contributed by atoms with Crippen molar-refractivity contribution in [1.29, 1.82) is 0 Å². The summed E-state index contributed by atoms with van der Waals surface area (Å²) in [6.07, 6.45) is -0.378. The number of hydroxylamine groups is 2. The average Bonchev–Trinajstić information content (AvgIpc) is 2.37. The molecule has 1 fully saturated rings. The van der Waals surface area contributed by atoms with E-state index in [0.29, 0.717) is 24.4 Å². The second-order valence-corrected chi connectivity index (χ2v) is 3.50. The summed E-state index contributed by atoms with van der Waals surface area (Å²) >= 11 is 0. The lowest BCUT2D eigenvalue weighted by Gasteiger charge is -2.33. The van der Waals surface area contributed by atoms with Crippen LogP contribution in [0.25, 0.3) is 0 Å². The van der Waals surface area contributed by atoms with Gasteiger partial charge in [-0.3, -0.25) is 4.84 Å². The van der Waals surface area contributed by atoms with Gasteiger partial charge in [0, 0.05) is 26.2 Å². The summed E-state index contributed by atoms with van der Waals surface area (Å²) in [5.41, 5.74) is 0.767. The van der Waals surface area contributed by atoms with Gasteiger partial charge in [0.25, 0.3) is 0 Å². The lowest BCUT2D eigenvalue weighted by molar-refractivity contribution is -0.238. The topological polar surface area (TPSA) is 65.1 Å². The van der Waals surface area contributed by atoms with Crippen LogP contribution in [0.4, 0.5) is 0 Å². The van der Waals surface area contributed by atoms with E-state index in [0.717, 1.165) is 0 Å². The summed E-state index contributed by atoms with van der Waals surface area (Å²) in [5, 5.41) is 1.42. The Morgan fingerprint density at radius 3 is 2.59 bits per heavy atom. The predicted octanol–water partition coefficient (Wildman–Crippen LogP) is -0.241. The zero-order valence-electron chi connectivity index (χ0n) is 9.89. The lowest BCUT2D eigenvalue weighted by Crippen LogP contribution is -2.44. The largest absolute Gasteiger partial charge is 0.382 e. The number of hydrogen-bond donors (Lipinski definition) is 0. The second kappa shape index (κ2) is 7.14. The van der Waals surface area contributed by atoms with E-state index in [1.807, 2.05) is 0 Å². The molecule has 1 aliphatic heterocycles. The fraction of sp³-hybridized carbons (Fsp3) is 0.636. The molecule has 0 aromatic carbocycles. The molecule has 1 aliphatic rings. The zero-order valence-corrected chi connectivity index (χ0v) is 9.89. The van der Waals surface area contributed by atoms with Crippen LogP contribution in [0.2, 0.25) is 0 Å². The van der Waals surface area contributed by atoms with Crippen LogP contribution in [-0.4, -0.2) is 57.2 Å². The van der Waals surface area contributed by atoms with Crippen molar-refractivity contribution in [3.05, 3.63) is 11.1 Å². The fourth-order valence-electron chi connectivity index (χ4n) is 1.58. The molecule has 17 heavy (non-hydrogen) atoms. The van der Waals surface area contributed by atoms with Gasteiger partial charge < -0.3 is 9.47 Å². The molecule has 1 saturated heterocycles. The quantitative estimate of drug-likeness (QED) is 0.489. The Labute approximate surface area is 99.4 Å². The smallest absolute Gasteiger partial charge is 0.165 e. The molecule has 0 bridgehead atoms. The molecule has 0 aliphatic carbocycles. The number of piperidine rings is 1. The third-order valence-electron chi connectivity index (χ3n) is 2.35. The molecule has 6 heteroatoms. The molecule has 0 spiro atoms. The molecule has 1 heterocycles. The number of hydrogen-bond acceptors (Lipinski definition) is 6. The Kier molecular flexibility index (Phi) is 5.80. The van der Waals surface area contributed by atoms with Crippen molar-refractivity contribution in [1.82, 2.24) is 5.06 Å². The summed E-state index contributed by atoms with van der Waals surface area (Å²) < 4.78 is 10.00. The third kappa shape index (κ3) is 3.61. The first-order chi connectivity index (χ1) is 8.26. The van der Waals surface area contributed by atoms with E-state index in [-0.39, 0.29) is 13.0 Å². The highest BCUT2D eigenvalue weighted by Crippen LogP contribution is 2.24. The number of carbonyl (C=O) groups excluding carboxylic acids is 2. The summed E-state index contributed by atoms with van der Waals surface area (Å²) in [7, 11) is 3.02. The number of methoxy groups -OCH3 is 2. The highest BCUT2D eigenvalue weighted by molar-refractivity contribution is 5.62. The van der Waals surface area contributed by atoms with Gasteiger partial charge in [0.1, 0.15) is 11.9 Å². The van der Waals surface area contributed by atoms with Gasteiger partial charge in [-0.15, -0.1) is 0 Å². The van der Waals surface area contributed by atoms with E-state index in [1.165, 1.54) is 12.2 Å². The first-order valence-electron chi connectivity index (χ1n) is 5.14. The van der Waals surface area contributed by atoms with Gasteiger partial charge in [-0.25, -0.2) is 9.59 Å². The van der Waals surface area contributed by atoms with Gasteiger partial charge in [-0.05, 0) is 0 Å². The molecule has 6 nitrogen and oxygen atoms in total. The van der Waals surface area contributed by atoms with E-state index >= 15 is 0 Å². The van der Waals surface area contributed by atoms with Crippen molar-refractivity contribution < 1.29 is 23.9 Å². The van der Waals surface area contributed by atoms with Crippen molar-refractivity contribution in [3.63, 3.8) is 0 Å². The second-order valence-electron chi connectivity index (χ2n) is 3.50. The molecule has 1 rings (SSSR count). The van der Waals surface area contributed by atoms with Gasteiger partial charge in [-0.1, -0.05) is 0 Å². The van der Waals surface area contributed by atoms with Crippen LogP contribution in [0, 0.1) is 0 Å². The molecule has 0 aromatic heterocycles. The zero-order chi connectivity index (χ0) is 12.7. The standard InChI is InChI=1S/C11H15NO5/c1-15-3-4-17-12-6-9(7-13)5-10(8-14)11(12)16-2/h11H,3-6H2,1-2H3. The maximum atomic E-state index is 10.8. The molecule has 1 atom stereocenters. The van der Waals surface area contributed by atoms with Gasteiger partial charge in [0.05, 0.1) is 25.3 Å². The molecule has 0 aromatic rings. The van der Waals surface area contributed by atoms with Crippen molar-refractivity contribution >= 4 is 11.9 Å². The van der Waals surface area contributed by atoms with Crippen molar-refractivity contribution in [2.75, 3.05) is 34.0 Å². The Hall–Kier alpha value is -1.26. The van der Waals surface area contributed by atoms with Crippen molar-refractivity contribution in [3.8, 4) is 0 Å². The summed E-state index contributed by atoms with van der Waals surface area (Å²) in [6.45, 7) is 0.985. The average molecular weight is 241 g/mol. The summed E-state index contributed by atoms with van der Waals surface area (Å²) in [6, 6.07) is 0. The fourth-order valence-corrected chi connectivity index (χ4v) is 1.58. The molecule has 94 valence electrons. The highest BCUT2D eigenvalue weighted by Gasteiger charge is 2.31. The van der Waals surface area contributed by atoms with Gasteiger partial charge in [0.15, 0.2) is 6.23 Å². The lowest BCUT2D eigenvalue weighted by atomic mass is 10.0. The van der Waals surface area contributed by atoms with E-state index < -0.39 is 6.23 Å². The van der Waals surface area contributed by atoms with Crippen LogP contribution in [0.15, 0.2) is 11.1 Å². The molecular formula is C11H15NO5. The molecule has 0 saturated carbocycles. The first kappa shape index (κ1) is 13.8. The Bertz CT molecular complexity index is 355. The van der Waals surface area contributed by atoms with Crippen molar-refractivity contribution in [2.24, 2.45) is 0 Å². The number of rotatable bonds is 5. The Morgan fingerprint density at radius 1 is 1.29 bits per heavy atom. The van der Waals surface area contributed by atoms with E-state index in [9.17, 15) is 9.59 Å². The maximum Gasteiger partial charge on any atom is 0.165 e. The van der Waals surface area contributed by atoms with Crippen LogP contribution >= 0.6 is 0 Å². The molecule has 0 radical (unpaired) electrons. The maximum absolute atomic E-state index is 10.8. The van der Waals surface area contributed by atoms with Crippen molar-refractivity contribution in [2.45, 2.75) is 12.6 Å². The molecule has 0 N–H and O–H groups in total. The minimum atomic E-state index is -0.610. The van der Waals surface area contributed by atoms with Crippen LogP contribution in [0.3, 0.4) is 0 Å². The van der Waals surface area contributed by atoms with Crippen LogP contribution in [0.1, 0.15) is 6.42 Å². The summed E-state index contributed by atoms with van der Waals surface area (Å²) in [4.78, 5) is 26.8. The van der Waals surface area contributed by atoms with Gasteiger partial charge >= 0.3 is 0 Å². The highest BCUT2D eigenvalue weighted by atomic mass is 16.7. The monoisotopic (exact) mass is 241 g/mol. The summed E-state index contributed by atoms with van der Waals surface area (Å²) in [5.74, 6) is 3.57. The minimum absolute atomic E-state index is 0.232. The third-order valence-corrected chi connectivity index (χ3v) is 2.35. The van der Waals surface area contributed by atoms with Crippen LogP contribution in [0.5, 0.6) is 0 Å². The number of nitrogens with zero attached hydrogens (tertiary/aromatic N) is 1. The normalized spacial score (nSPS) is 21.2. The SMILES string of the molecule is COCCON1CC(=C=O)CC(=C=O)C1OC. The van der Waals surface area contributed by atoms with Gasteiger partial charge in [0.2, 0.25) is 0 Å². The van der Waals surface area contributed by atoms with E-state index in [4.69, 9.17) is 14.3 Å².